The zero-order valence-corrected chi connectivity index (χ0v) is 18.3. The number of fused-ring (bicyclic) bond motifs is 1. The number of pyridine rings is 1. The summed E-state index contributed by atoms with van der Waals surface area (Å²) < 4.78 is 35.7. The summed E-state index contributed by atoms with van der Waals surface area (Å²) >= 11 is 0. The van der Waals surface area contributed by atoms with Crippen molar-refractivity contribution in [2.24, 2.45) is 0 Å². The average Bonchev–Trinajstić information content (AvgIpc) is 3.51. The van der Waals surface area contributed by atoms with Gasteiger partial charge in [0, 0.05) is 5.56 Å². The molecule has 2 N–H and O–H groups in total. The van der Waals surface area contributed by atoms with E-state index < -0.39 is 17.7 Å². The maximum absolute atomic E-state index is 13.4. The fraction of sp³-hybridized carbons (Fsp3) is 0.240. The van der Waals surface area contributed by atoms with E-state index in [1.165, 1.54) is 12.1 Å². The molecule has 3 aromatic rings. The van der Waals surface area contributed by atoms with Crippen molar-refractivity contribution >= 4 is 17.7 Å². The van der Waals surface area contributed by atoms with Crippen molar-refractivity contribution in [1.82, 2.24) is 4.98 Å². The van der Waals surface area contributed by atoms with Gasteiger partial charge in [0.1, 0.15) is 5.82 Å². The van der Waals surface area contributed by atoms with Crippen molar-refractivity contribution in [3.05, 3.63) is 70.8 Å². The van der Waals surface area contributed by atoms with E-state index in [-0.39, 0.29) is 23.0 Å². The summed E-state index contributed by atoms with van der Waals surface area (Å²) in [5.41, 5.74) is 2.61. The maximum Gasteiger partial charge on any atom is 0.586 e. The van der Waals surface area contributed by atoms with Crippen molar-refractivity contribution < 1.29 is 33.0 Å². The molecule has 9 heteroatoms. The van der Waals surface area contributed by atoms with Gasteiger partial charge in [0.2, 0.25) is 5.91 Å². The number of amides is 1. The number of benzene rings is 2. The zero-order chi connectivity index (χ0) is 24.3. The second kappa shape index (κ2) is 7.51. The second-order valence-electron chi connectivity index (χ2n) is 8.62. The topological polar surface area (TPSA) is 97.8 Å². The zero-order valence-electron chi connectivity index (χ0n) is 18.3. The first kappa shape index (κ1) is 21.8. The lowest BCUT2D eigenvalue weighted by Gasteiger charge is -2.17. The van der Waals surface area contributed by atoms with Gasteiger partial charge in [0.25, 0.3) is 0 Å². The fourth-order valence-corrected chi connectivity index (χ4v) is 4.19. The van der Waals surface area contributed by atoms with Gasteiger partial charge in [0.15, 0.2) is 11.5 Å². The summed E-state index contributed by atoms with van der Waals surface area (Å²) in [6.45, 7) is 3.65. The monoisotopic (exact) mass is 466 g/mol. The number of carbonyl (C=O) groups is 2. The molecule has 34 heavy (non-hydrogen) atoms. The third-order valence-electron chi connectivity index (χ3n) is 6.07. The minimum atomic E-state index is -3.72. The Bertz CT molecular complexity index is 1350. The Labute approximate surface area is 193 Å². The van der Waals surface area contributed by atoms with Crippen LogP contribution in [0.2, 0.25) is 0 Å². The number of aromatic nitrogens is 1. The molecule has 0 spiro atoms. The highest BCUT2D eigenvalue weighted by molar-refractivity contribution is 6.01. The second-order valence-corrected chi connectivity index (χ2v) is 8.62. The summed E-state index contributed by atoms with van der Waals surface area (Å²) in [4.78, 5) is 29.2. The third-order valence-corrected chi connectivity index (χ3v) is 6.07. The molecule has 1 aliphatic carbocycles. The van der Waals surface area contributed by atoms with Gasteiger partial charge in [-0.3, -0.25) is 4.79 Å². The van der Waals surface area contributed by atoms with Crippen molar-refractivity contribution in [2.45, 2.75) is 38.4 Å². The molecule has 2 heterocycles. The summed E-state index contributed by atoms with van der Waals surface area (Å²) in [6, 6.07) is 12.8. The first-order valence-corrected chi connectivity index (χ1v) is 10.6. The van der Waals surface area contributed by atoms with E-state index in [4.69, 9.17) is 0 Å². The molecule has 2 aromatic carbocycles. The molecule has 1 saturated carbocycles. The third kappa shape index (κ3) is 3.83. The lowest BCUT2D eigenvalue weighted by atomic mass is 9.94. The van der Waals surface area contributed by atoms with Crippen LogP contribution in [0.5, 0.6) is 11.5 Å². The molecule has 5 rings (SSSR count). The van der Waals surface area contributed by atoms with Crippen LogP contribution in [0.4, 0.5) is 14.6 Å². The van der Waals surface area contributed by atoms with Crippen LogP contribution < -0.4 is 14.8 Å². The smallest absolute Gasteiger partial charge is 0.478 e. The van der Waals surface area contributed by atoms with E-state index in [0.717, 1.165) is 11.1 Å². The highest BCUT2D eigenvalue weighted by atomic mass is 19.3. The first-order chi connectivity index (χ1) is 16.1. The van der Waals surface area contributed by atoms with Crippen LogP contribution in [0.3, 0.4) is 0 Å². The van der Waals surface area contributed by atoms with E-state index in [9.17, 15) is 23.5 Å². The lowest BCUT2D eigenvalue weighted by Crippen LogP contribution is -2.28. The van der Waals surface area contributed by atoms with Gasteiger partial charge in [-0.25, -0.2) is 9.78 Å². The number of alkyl halides is 2. The van der Waals surface area contributed by atoms with Crippen LogP contribution in [0.1, 0.15) is 39.9 Å². The molecule has 174 valence electrons. The van der Waals surface area contributed by atoms with Crippen molar-refractivity contribution in [3.8, 4) is 22.8 Å². The molecule has 1 aromatic heterocycles. The van der Waals surface area contributed by atoms with E-state index in [2.05, 4.69) is 19.8 Å². The Morgan fingerprint density at radius 3 is 2.44 bits per heavy atom. The number of nitrogens with zero attached hydrogens (tertiary/aromatic N) is 1. The van der Waals surface area contributed by atoms with Crippen molar-refractivity contribution in [3.63, 3.8) is 0 Å². The Kier molecular flexibility index (Phi) is 4.82. The summed E-state index contributed by atoms with van der Waals surface area (Å²) in [5, 5.41) is 12.2. The number of aromatic carboxylic acids is 1. The van der Waals surface area contributed by atoms with Gasteiger partial charge < -0.3 is 19.9 Å². The number of nitrogens with one attached hydrogen (secondary N) is 1. The van der Waals surface area contributed by atoms with E-state index in [1.807, 2.05) is 13.0 Å². The summed E-state index contributed by atoms with van der Waals surface area (Å²) in [5.74, 6) is -1.22. The molecule has 0 unspecified atom stereocenters. The number of halogens is 2. The van der Waals surface area contributed by atoms with Crippen LogP contribution in [0.15, 0.2) is 48.5 Å². The predicted octanol–water partition coefficient (Wildman–Crippen LogP) is 5.06. The fourth-order valence-electron chi connectivity index (χ4n) is 4.19. The molecular formula is C25H20F2N2O5. The number of carbonyl (C=O) groups excluding carboxylic acids is 1. The van der Waals surface area contributed by atoms with Crippen LogP contribution >= 0.6 is 0 Å². The minimum absolute atomic E-state index is 0.0753. The molecular weight excluding hydrogens is 446 g/mol. The molecule has 1 aliphatic heterocycles. The quantitative estimate of drug-likeness (QED) is 0.546. The molecule has 0 radical (unpaired) electrons. The number of ether oxygens (including phenoxy) is 2. The maximum atomic E-state index is 13.4. The van der Waals surface area contributed by atoms with Crippen molar-refractivity contribution in [1.29, 1.82) is 0 Å². The molecule has 0 bridgehead atoms. The Morgan fingerprint density at radius 1 is 1.00 bits per heavy atom. The molecule has 7 nitrogen and oxygen atoms in total. The Hall–Kier alpha value is -4.01. The number of hydrogen-bond donors (Lipinski definition) is 2. The summed E-state index contributed by atoms with van der Waals surface area (Å²) in [7, 11) is 0. The van der Waals surface area contributed by atoms with E-state index >= 15 is 0 Å². The number of hydrogen-bond acceptors (Lipinski definition) is 5. The van der Waals surface area contributed by atoms with Crippen molar-refractivity contribution in [2.75, 3.05) is 5.32 Å². The van der Waals surface area contributed by atoms with Gasteiger partial charge in [0.05, 0.1) is 16.7 Å². The molecule has 0 saturated heterocycles. The molecule has 2 aliphatic rings. The first-order valence-electron chi connectivity index (χ1n) is 10.6. The van der Waals surface area contributed by atoms with E-state index in [0.29, 0.717) is 35.5 Å². The Balaban J connectivity index is 1.42. The van der Waals surface area contributed by atoms with Crippen LogP contribution in [-0.2, 0) is 10.2 Å². The van der Waals surface area contributed by atoms with Gasteiger partial charge >= 0.3 is 12.3 Å². The standard InChI is InChI=1S/C25H20F2N2O5/c1-13-9-15(11-16(10-13)22(30)31)21-14(2)3-6-20(28-21)29-23(32)24(7-8-24)17-4-5-18-19(12-17)34-25(26,27)33-18/h3-6,9-12H,7-8H2,1-2H3,(H,30,31)(H,28,29,32). The Morgan fingerprint density at radius 2 is 1.74 bits per heavy atom. The van der Waals surface area contributed by atoms with Gasteiger partial charge in [-0.15, -0.1) is 8.78 Å². The van der Waals surface area contributed by atoms with Gasteiger partial charge in [-0.2, -0.15) is 0 Å². The SMILES string of the molecule is Cc1cc(C(=O)O)cc(-c2nc(NC(=O)C3(c4ccc5c(c4)OC(F)(F)O5)CC3)ccc2C)c1. The predicted molar refractivity (Wildman–Crippen MR) is 118 cm³/mol. The minimum Gasteiger partial charge on any atom is -0.478 e. The number of carboxylic acid groups (broad SMARTS) is 1. The largest absolute Gasteiger partial charge is 0.586 e. The number of rotatable bonds is 5. The molecule has 1 amide bonds. The number of aryl methyl sites for hydroxylation is 2. The summed E-state index contributed by atoms with van der Waals surface area (Å²) in [6.07, 6.45) is -2.63. The normalized spacial score (nSPS) is 16.7. The number of anilines is 1. The molecule has 1 fully saturated rings. The average molecular weight is 466 g/mol. The van der Waals surface area contributed by atoms with Crippen LogP contribution in [0, 0.1) is 13.8 Å². The number of carboxylic acids is 1. The highest BCUT2D eigenvalue weighted by Gasteiger charge is 2.53. The molecule has 0 atom stereocenters. The van der Waals surface area contributed by atoms with Crippen LogP contribution in [0.25, 0.3) is 11.3 Å². The van der Waals surface area contributed by atoms with E-state index in [1.54, 1.807) is 37.3 Å². The lowest BCUT2D eigenvalue weighted by molar-refractivity contribution is -0.286. The van der Waals surface area contributed by atoms with Gasteiger partial charge in [-0.05, 0) is 79.8 Å². The van der Waals surface area contributed by atoms with Crippen LogP contribution in [-0.4, -0.2) is 28.3 Å². The highest BCUT2D eigenvalue weighted by Crippen LogP contribution is 2.52. The van der Waals surface area contributed by atoms with Gasteiger partial charge in [-0.1, -0.05) is 12.1 Å².